The maximum Gasteiger partial charge on any atom is 0.251 e. The van der Waals surface area contributed by atoms with E-state index in [0.29, 0.717) is 17.2 Å². The second-order valence-corrected chi connectivity index (χ2v) is 5.12. The summed E-state index contributed by atoms with van der Waals surface area (Å²) in [5.41, 5.74) is 2.18. The zero-order chi connectivity index (χ0) is 15.2. The summed E-state index contributed by atoms with van der Waals surface area (Å²) < 4.78 is 14.0. The molecular formula is C18H18FNO. The van der Waals surface area contributed by atoms with E-state index in [1.165, 1.54) is 0 Å². The zero-order valence-electron chi connectivity index (χ0n) is 12.1. The van der Waals surface area contributed by atoms with Crippen molar-refractivity contribution in [1.82, 2.24) is 0 Å². The fourth-order valence-electron chi connectivity index (χ4n) is 1.93. The van der Waals surface area contributed by atoms with Gasteiger partial charge in [-0.2, -0.15) is 0 Å². The third-order valence-corrected chi connectivity index (χ3v) is 3.15. The number of anilines is 1. The Morgan fingerprint density at radius 2 is 1.67 bits per heavy atom. The summed E-state index contributed by atoms with van der Waals surface area (Å²) in [6.07, 6.45) is 0.970. The lowest BCUT2D eigenvalue weighted by Gasteiger charge is -2.06. The SMILES string of the molecule is CC(C)c1ccc(/C(F)=C\C(=O)Nc2ccccc2)cc1. The van der Waals surface area contributed by atoms with Gasteiger partial charge in [-0.3, -0.25) is 4.79 Å². The molecule has 0 atom stereocenters. The molecule has 0 aliphatic heterocycles. The van der Waals surface area contributed by atoms with Crippen molar-refractivity contribution in [3.05, 3.63) is 71.8 Å². The van der Waals surface area contributed by atoms with Gasteiger partial charge in [0.15, 0.2) is 0 Å². The predicted octanol–water partition coefficient (Wildman–Crippen LogP) is 4.76. The van der Waals surface area contributed by atoms with Crippen LogP contribution in [0.25, 0.3) is 5.83 Å². The van der Waals surface area contributed by atoms with Crippen molar-refractivity contribution in [3.8, 4) is 0 Å². The van der Waals surface area contributed by atoms with Crippen molar-refractivity contribution in [2.24, 2.45) is 0 Å². The topological polar surface area (TPSA) is 29.1 Å². The second kappa shape index (κ2) is 6.84. The largest absolute Gasteiger partial charge is 0.322 e. The van der Waals surface area contributed by atoms with E-state index in [9.17, 15) is 9.18 Å². The normalized spacial score (nSPS) is 11.5. The fourth-order valence-corrected chi connectivity index (χ4v) is 1.93. The summed E-state index contributed by atoms with van der Waals surface area (Å²) in [6.45, 7) is 4.16. The van der Waals surface area contributed by atoms with Crippen molar-refractivity contribution in [2.75, 3.05) is 5.32 Å². The van der Waals surface area contributed by atoms with Crippen LogP contribution < -0.4 is 5.32 Å². The van der Waals surface area contributed by atoms with Gasteiger partial charge in [-0.25, -0.2) is 4.39 Å². The first-order valence-corrected chi connectivity index (χ1v) is 6.90. The molecule has 0 aromatic heterocycles. The van der Waals surface area contributed by atoms with E-state index in [4.69, 9.17) is 0 Å². The number of para-hydroxylation sites is 1. The standard InChI is InChI=1S/C18H18FNO/c1-13(2)14-8-10-15(11-9-14)17(19)12-18(21)20-16-6-4-3-5-7-16/h3-13H,1-2H3,(H,20,21)/b17-12+. The number of benzene rings is 2. The Balaban J connectivity index is 2.07. The summed E-state index contributed by atoms with van der Waals surface area (Å²) >= 11 is 0. The van der Waals surface area contributed by atoms with Gasteiger partial charge in [-0.15, -0.1) is 0 Å². The lowest BCUT2D eigenvalue weighted by molar-refractivity contribution is -0.111. The zero-order valence-corrected chi connectivity index (χ0v) is 12.1. The molecule has 0 saturated heterocycles. The van der Waals surface area contributed by atoms with Crippen LogP contribution in [0.2, 0.25) is 0 Å². The molecule has 21 heavy (non-hydrogen) atoms. The van der Waals surface area contributed by atoms with Gasteiger partial charge in [0.1, 0.15) is 5.83 Å². The van der Waals surface area contributed by atoms with Crippen molar-refractivity contribution >= 4 is 17.4 Å². The lowest BCUT2D eigenvalue weighted by Crippen LogP contribution is -2.08. The molecule has 0 saturated carbocycles. The van der Waals surface area contributed by atoms with Crippen LogP contribution in [0.1, 0.15) is 30.9 Å². The van der Waals surface area contributed by atoms with Gasteiger partial charge in [0, 0.05) is 17.3 Å². The molecule has 0 heterocycles. The van der Waals surface area contributed by atoms with E-state index in [1.807, 2.05) is 18.2 Å². The van der Waals surface area contributed by atoms with Gasteiger partial charge in [0.25, 0.3) is 5.91 Å². The summed E-state index contributed by atoms with van der Waals surface area (Å²) in [4.78, 5) is 11.7. The molecule has 0 aliphatic rings. The summed E-state index contributed by atoms with van der Waals surface area (Å²) in [7, 11) is 0. The number of nitrogens with one attached hydrogen (secondary N) is 1. The van der Waals surface area contributed by atoms with E-state index in [0.717, 1.165) is 11.6 Å². The Morgan fingerprint density at radius 3 is 2.24 bits per heavy atom. The average molecular weight is 283 g/mol. The van der Waals surface area contributed by atoms with E-state index >= 15 is 0 Å². The van der Waals surface area contributed by atoms with Gasteiger partial charge in [0.2, 0.25) is 0 Å². The van der Waals surface area contributed by atoms with Gasteiger partial charge >= 0.3 is 0 Å². The third-order valence-electron chi connectivity index (χ3n) is 3.15. The summed E-state index contributed by atoms with van der Waals surface area (Å²) in [5, 5.41) is 2.62. The molecule has 2 aromatic carbocycles. The van der Waals surface area contributed by atoms with Crippen LogP contribution in [0.5, 0.6) is 0 Å². The molecule has 1 N–H and O–H groups in total. The van der Waals surface area contributed by atoms with Crippen LogP contribution in [-0.4, -0.2) is 5.91 Å². The van der Waals surface area contributed by atoms with Crippen LogP contribution in [-0.2, 0) is 4.79 Å². The summed E-state index contributed by atoms with van der Waals surface area (Å²) in [6, 6.07) is 16.1. The van der Waals surface area contributed by atoms with Crippen LogP contribution in [0.3, 0.4) is 0 Å². The van der Waals surface area contributed by atoms with Crippen LogP contribution in [0.15, 0.2) is 60.7 Å². The van der Waals surface area contributed by atoms with Crippen LogP contribution in [0, 0.1) is 0 Å². The van der Waals surface area contributed by atoms with Crippen LogP contribution >= 0.6 is 0 Å². The molecule has 2 aromatic rings. The molecular weight excluding hydrogens is 265 g/mol. The van der Waals surface area contributed by atoms with Gasteiger partial charge in [-0.05, 0) is 23.6 Å². The maximum atomic E-state index is 14.0. The molecule has 0 aliphatic carbocycles. The van der Waals surface area contributed by atoms with Crippen molar-refractivity contribution in [1.29, 1.82) is 0 Å². The Labute approximate surface area is 124 Å². The number of hydrogen-bond acceptors (Lipinski definition) is 1. The van der Waals surface area contributed by atoms with Crippen LogP contribution in [0.4, 0.5) is 10.1 Å². The Kier molecular flexibility index (Phi) is 4.88. The van der Waals surface area contributed by atoms with E-state index in [1.54, 1.807) is 36.4 Å². The monoisotopic (exact) mass is 283 g/mol. The molecule has 0 radical (unpaired) electrons. The third kappa shape index (κ3) is 4.28. The first-order chi connectivity index (χ1) is 10.1. The Bertz CT molecular complexity index is 630. The van der Waals surface area contributed by atoms with E-state index in [-0.39, 0.29) is 0 Å². The molecule has 0 fully saturated rings. The number of rotatable bonds is 4. The van der Waals surface area contributed by atoms with Gasteiger partial charge in [0.05, 0.1) is 0 Å². The smallest absolute Gasteiger partial charge is 0.251 e. The van der Waals surface area contributed by atoms with E-state index in [2.05, 4.69) is 19.2 Å². The van der Waals surface area contributed by atoms with Crippen molar-refractivity contribution in [2.45, 2.75) is 19.8 Å². The highest BCUT2D eigenvalue weighted by Crippen LogP contribution is 2.20. The highest BCUT2D eigenvalue weighted by atomic mass is 19.1. The minimum absolute atomic E-state index is 0.396. The van der Waals surface area contributed by atoms with Gasteiger partial charge < -0.3 is 5.32 Å². The lowest BCUT2D eigenvalue weighted by atomic mass is 10.0. The minimum atomic E-state index is -0.543. The molecule has 3 heteroatoms. The molecule has 2 rings (SSSR count). The van der Waals surface area contributed by atoms with Crippen molar-refractivity contribution < 1.29 is 9.18 Å². The molecule has 2 nitrogen and oxygen atoms in total. The number of carbonyl (C=O) groups excluding carboxylic acids is 1. The highest BCUT2D eigenvalue weighted by Gasteiger charge is 2.06. The summed E-state index contributed by atoms with van der Waals surface area (Å²) in [5.74, 6) is -0.627. The van der Waals surface area contributed by atoms with Gasteiger partial charge in [-0.1, -0.05) is 56.3 Å². The molecule has 0 bridgehead atoms. The minimum Gasteiger partial charge on any atom is -0.322 e. The van der Waals surface area contributed by atoms with E-state index < -0.39 is 11.7 Å². The molecule has 0 unspecified atom stereocenters. The fraction of sp³-hybridized carbons (Fsp3) is 0.167. The molecule has 1 amide bonds. The average Bonchev–Trinajstić information content (AvgIpc) is 2.48. The van der Waals surface area contributed by atoms with Crippen molar-refractivity contribution in [3.63, 3.8) is 0 Å². The quantitative estimate of drug-likeness (QED) is 0.805. The predicted molar refractivity (Wildman–Crippen MR) is 84.7 cm³/mol. The molecule has 108 valence electrons. The second-order valence-electron chi connectivity index (χ2n) is 5.12. The first kappa shape index (κ1) is 15.0. The number of amides is 1. The number of carbonyl (C=O) groups is 1. The Morgan fingerprint density at radius 1 is 1.05 bits per heavy atom. The Hall–Kier alpha value is -2.42. The highest BCUT2D eigenvalue weighted by molar-refractivity contribution is 6.03. The number of hydrogen-bond donors (Lipinski definition) is 1. The number of halogens is 1. The first-order valence-electron chi connectivity index (χ1n) is 6.90. The molecule has 0 spiro atoms. The maximum absolute atomic E-state index is 14.0.